The average molecular weight is 282 g/mol. The fourth-order valence-electron chi connectivity index (χ4n) is 3.83. The quantitative estimate of drug-likeness (QED) is 0.740. The zero-order chi connectivity index (χ0) is 14.7. The van der Waals surface area contributed by atoms with Gasteiger partial charge in [0, 0.05) is 12.1 Å². The van der Waals surface area contributed by atoms with Crippen LogP contribution in [0.3, 0.4) is 0 Å². The average Bonchev–Trinajstić information content (AvgIpc) is 2.98. The first kappa shape index (κ1) is 15.1. The van der Waals surface area contributed by atoms with Crippen LogP contribution in [-0.4, -0.2) is 29.2 Å². The summed E-state index contributed by atoms with van der Waals surface area (Å²) in [5.41, 5.74) is 0. The summed E-state index contributed by atoms with van der Waals surface area (Å²) in [5, 5.41) is 15.0. The Bertz CT molecular complexity index is 372. The molecule has 0 radical (unpaired) electrons. The highest BCUT2D eigenvalue weighted by Crippen LogP contribution is 2.34. The van der Waals surface area contributed by atoms with Gasteiger partial charge in [0.1, 0.15) is 0 Å². The van der Waals surface area contributed by atoms with Gasteiger partial charge in [0.2, 0.25) is 0 Å². The van der Waals surface area contributed by atoms with Crippen molar-refractivity contribution < 1.29 is 14.7 Å². The third-order valence-corrected chi connectivity index (χ3v) is 5.22. The number of carboxylic acids is 1. The minimum absolute atomic E-state index is 0.197. The maximum Gasteiger partial charge on any atom is 0.315 e. The van der Waals surface area contributed by atoms with Gasteiger partial charge in [-0.2, -0.15) is 0 Å². The lowest BCUT2D eigenvalue weighted by Gasteiger charge is -2.23. The Labute approximate surface area is 120 Å². The van der Waals surface area contributed by atoms with Gasteiger partial charge < -0.3 is 15.7 Å². The molecule has 2 aliphatic carbocycles. The van der Waals surface area contributed by atoms with Gasteiger partial charge in [-0.3, -0.25) is 4.79 Å². The molecular weight excluding hydrogens is 256 g/mol. The molecule has 2 amide bonds. The third kappa shape index (κ3) is 3.25. The smallest absolute Gasteiger partial charge is 0.315 e. The van der Waals surface area contributed by atoms with Crippen LogP contribution in [0.5, 0.6) is 0 Å². The molecule has 0 saturated heterocycles. The van der Waals surface area contributed by atoms with Crippen molar-refractivity contribution in [3.63, 3.8) is 0 Å². The first-order valence-corrected chi connectivity index (χ1v) is 7.82. The number of carbonyl (C=O) groups excluding carboxylic acids is 1. The molecule has 5 atom stereocenters. The van der Waals surface area contributed by atoms with Gasteiger partial charge in [-0.1, -0.05) is 26.7 Å². The zero-order valence-electron chi connectivity index (χ0n) is 12.4. The number of hydrogen-bond acceptors (Lipinski definition) is 2. The number of rotatable bonds is 4. The van der Waals surface area contributed by atoms with E-state index in [1.54, 1.807) is 0 Å². The Kier molecular flexibility index (Phi) is 4.89. The summed E-state index contributed by atoms with van der Waals surface area (Å²) < 4.78 is 0. The molecule has 2 fully saturated rings. The summed E-state index contributed by atoms with van der Waals surface area (Å²) in [6, 6.07) is -0.187. The number of urea groups is 1. The molecule has 0 aromatic heterocycles. The first-order chi connectivity index (χ1) is 9.52. The van der Waals surface area contributed by atoms with Crippen molar-refractivity contribution in [3.05, 3.63) is 0 Å². The van der Waals surface area contributed by atoms with Crippen molar-refractivity contribution >= 4 is 12.0 Å². The van der Waals surface area contributed by atoms with E-state index >= 15 is 0 Å². The molecule has 0 aromatic rings. The van der Waals surface area contributed by atoms with E-state index in [0.717, 1.165) is 25.7 Å². The minimum Gasteiger partial charge on any atom is -0.481 e. The fraction of sp³-hybridized carbons (Fsp3) is 0.867. The van der Waals surface area contributed by atoms with Crippen LogP contribution >= 0.6 is 0 Å². The summed E-state index contributed by atoms with van der Waals surface area (Å²) in [7, 11) is 0. The van der Waals surface area contributed by atoms with Gasteiger partial charge >= 0.3 is 12.0 Å². The third-order valence-electron chi connectivity index (χ3n) is 5.22. The molecule has 5 unspecified atom stereocenters. The van der Waals surface area contributed by atoms with Crippen molar-refractivity contribution in [1.82, 2.24) is 10.6 Å². The normalized spacial score (nSPS) is 36.8. The second-order valence-electron chi connectivity index (χ2n) is 6.31. The summed E-state index contributed by atoms with van der Waals surface area (Å²) in [5.74, 6) is -0.0265. The van der Waals surface area contributed by atoms with Gasteiger partial charge in [0.25, 0.3) is 0 Å². The standard InChI is InChI=1S/C15H26N2O3/c1-3-10-7-8-12(9(10)2)16-15(20)17-13-6-4-5-11(13)14(18)19/h9-13H,3-8H2,1-2H3,(H,18,19)(H2,16,17,20). The number of aliphatic carboxylic acids is 1. The lowest BCUT2D eigenvalue weighted by Crippen LogP contribution is -2.49. The number of nitrogens with one attached hydrogen (secondary N) is 2. The molecule has 5 nitrogen and oxygen atoms in total. The van der Waals surface area contributed by atoms with E-state index < -0.39 is 11.9 Å². The lowest BCUT2D eigenvalue weighted by molar-refractivity contribution is -0.142. The molecule has 2 saturated carbocycles. The maximum absolute atomic E-state index is 12.0. The summed E-state index contributed by atoms with van der Waals surface area (Å²) in [6.45, 7) is 4.39. The summed E-state index contributed by atoms with van der Waals surface area (Å²) in [4.78, 5) is 23.1. The molecule has 114 valence electrons. The van der Waals surface area contributed by atoms with Crippen LogP contribution in [-0.2, 0) is 4.79 Å². The predicted octanol–water partition coefficient (Wildman–Crippen LogP) is 2.36. The maximum atomic E-state index is 12.0. The van der Waals surface area contributed by atoms with Crippen molar-refractivity contribution in [1.29, 1.82) is 0 Å². The van der Waals surface area contributed by atoms with E-state index in [1.165, 1.54) is 6.42 Å². The molecule has 0 aromatic carbocycles. The van der Waals surface area contributed by atoms with E-state index in [2.05, 4.69) is 24.5 Å². The first-order valence-electron chi connectivity index (χ1n) is 7.82. The van der Waals surface area contributed by atoms with Crippen LogP contribution in [0.15, 0.2) is 0 Å². The molecule has 2 aliphatic rings. The van der Waals surface area contributed by atoms with Gasteiger partial charge in [0.15, 0.2) is 0 Å². The molecule has 0 spiro atoms. The lowest BCUT2D eigenvalue weighted by atomic mass is 9.93. The second kappa shape index (κ2) is 6.46. The fourth-order valence-corrected chi connectivity index (χ4v) is 3.83. The number of carbonyl (C=O) groups is 2. The van der Waals surface area contributed by atoms with Gasteiger partial charge in [-0.25, -0.2) is 4.79 Å². The second-order valence-corrected chi connectivity index (χ2v) is 6.31. The Balaban J connectivity index is 1.82. The van der Waals surface area contributed by atoms with E-state index in [9.17, 15) is 9.59 Å². The van der Waals surface area contributed by atoms with Crippen molar-refractivity contribution in [2.75, 3.05) is 0 Å². The molecule has 20 heavy (non-hydrogen) atoms. The molecule has 2 rings (SSSR count). The molecule has 0 heterocycles. The largest absolute Gasteiger partial charge is 0.481 e. The van der Waals surface area contributed by atoms with Gasteiger partial charge in [0.05, 0.1) is 5.92 Å². The van der Waals surface area contributed by atoms with E-state index in [-0.39, 0.29) is 18.1 Å². The van der Waals surface area contributed by atoms with Crippen molar-refractivity contribution in [2.45, 2.75) is 64.5 Å². The highest BCUT2D eigenvalue weighted by Gasteiger charge is 2.36. The molecular formula is C15H26N2O3. The predicted molar refractivity (Wildman–Crippen MR) is 76.4 cm³/mol. The van der Waals surface area contributed by atoms with Gasteiger partial charge in [-0.15, -0.1) is 0 Å². The number of hydrogen-bond donors (Lipinski definition) is 3. The monoisotopic (exact) mass is 282 g/mol. The number of amides is 2. The SMILES string of the molecule is CCC1CCC(NC(=O)NC2CCCC2C(=O)O)C1C. The van der Waals surface area contributed by atoms with Crippen LogP contribution in [0.2, 0.25) is 0 Å². The summed E-state index contributed by atoms with van der Waals surface area (Å²) in [6.07, 6.45) is 5.66. The van der Waals surface area contributed by atoms with Crippen LogP contribution in [0.25, 0.3) is 0 Å². The van der Waals surface area contributed by atoms with E-state index in [1.807, 2.05) is 0 Å². The zero-order valence-corrected chi connectivity index (χ0v) is 12.4. The van der Waals surface area contributed by atoms with E-state index in [0.29, 0.717) is 18.3 Å². The highest BCUT2D eigenvalue weighted by atomic mass is 16.4. The number of carboxylic acid groups (broad SMARTS) is 1. The molecule has 5 heteroatoms. The van der Waals surface area contributed by atoms with Crippen molar-refractivity contribution in [2.24, 2.45) is 17.8 Å². The van der Waals surface area contributed by atoms with Crippen LogP contribution < -0.4 is 10.6 Å². The summed E-state index contributed by atoms with van der Waals surface area (Å²) >= 11 is 0. The van der Waals surface area contributed by atoms with Crippen LogP contribution in [0, 0.1) is 17.8 Å². The topological polar surface area (TPSA) is 78.4 Å². The Hall–Kier alpha value is -1.26. The Morgan fingerprint density at radius 1 is 1.10 bits per heavy atom. The minimum atomic E-state index is -0.798. The van der Waals surface area contributed by atoms with Crippen molar-refractivity contribution in [3.8, 4) is 0 Å². The molecule has 0 aliphatic heterocycles. The van der Waals surface area contributed by atoms with Gasteiger partial charge in [-0.05, 0) is 37.5 Å². The van der Waals surface area contributed by atoms with Crippen LogP contribution in [0.1, 0.15) is 52.4 Å². The molecule has 0 bridgehead atoms. The van der Waals surface area contributed by atoms with Crippen LogP contribution in [0.4, 0.5) is 4.79 Å². The molecule has 3 N–H and O–H groups in total. The van der Waals surface area contributed by atoms with E-state index in [4.69, 9.17) is 5.11 Å². The Morgan fingerprint density at radius 3 is 2.40 bits per heavy atom. The Morgan fingerprint density at radius 2 is 1.80 bits per heavy atom. The highest BCUT2D eigenvalue weighted by molar-refractivity contribution is 5.77.